The monoisotopic (exact) mass is 413 g/mol. The summed E-state index contributed by atoms with van der Waals surface area (Å²) in [5.74, 6) is 0. The summed E-state index contributed by atoms with van der Waals surface area (Å²) in [6.07, 6.45) is 7.14. The van der Waals surface area contributed by atoms with Crippen LogP contribution in [0.2, 0.25) is 0 Å². The second-order valence-electron chi connectivity index (χ2n) is 7.44. The number of thioether (sulfide) groups is 1. The number of para-hydroxylation sites is 1. The highest BCUT2D eigenvalue weighted by molar-refractivity contribution is 7.98. The second kappa shape index (κ2) is 8.42. The fraction of sp³-hybridized carbons (Fsp3) is 0.208. The van der Waals surface area contributed by atoms with E-state index >= 15 is 0 Å². The van der Waals surface area contributed by atoms with Crippen molar-refractivity contribution >= 4 is 11.8 Å². The van der Waals surface area contributed by atoms with Gasteiger partial charge >= 0.3 is 0 Å². The highest BCUT2D eigenvalue weighted by atomic mass is 32.2. The molecule has 0 saturated heterocycles. The van der Waals surface area contributed by atoms with Crippen molar-refractivity contribution in [2.24, 2.45) is 0 Å². The van der Waals surface area contributed by atoms with Crippen molar-refractivity contribution in [3.05, 3.63) is 89.9 Å². The summed E-state index contributed by atoms with van der Waals surface area (Å²) in [5.41, 5.74) is 6.91. The normalized spacial score (nSPS) is 13.9. The lowest BCUT2D eigenvalue weighted by Crippen LogP contribution is -2.31. The quantitative estimate of drug-likeness (QED) is 0.353. The molecule has 5 nitrogen and oxygen atoms in total. The van der Waals surface area contributed by atoms with Gasteiger partial charge in [-0.15, -0.1) is 0 Å². The van der Waals surface area contributed by atoms with Crippen molar-refractivity contribution in [2.75, 3.05) is 12.8 Å². The lowest BCUT2D eigenvalue weighted by Gasteiger charge is -2.27. The van der Waals surface area contributed by atoms with Crippen LogP contribution in [0, 0.1) is 0 Å². The third-order valence-electron chi connectivity index (χ3n) is 5.43. The molecule has 2 aromatic heterocycles. The molecule has 3 heterocycles. The molecule has 0 fully saturated rings. The molecule has 0 bridgehead atoms. The van der Waals surface area contributed by atoms with Crippen molar-refractivity contribution in [3.8, 4) is 16.9 Å². The van der Waals surface area contributed by atoms with Gasteiger partial charge in [0.2, 0.25) is 0 Å². The molecule has 0 saturated carbocycles. The van der Waals surface area contributed by atoms with Crippen LogP contribution in [0.5, 0.6) is 0 Å². The Kier molecular flexibility index (Phi) is 5.34. The zero-order chi connectivity index (χ0) is 20.3. The summed E-state index contributed by atoms with van der Waals surface area (Å²) < 4.78 is 1.99. The molecule has 1 aliphatic rings. The molecule has 5 rings (SSSR count). The highest BCUT2D eigenvalue weighted by Gasteiger charge is 2.21. The number of hydrogen-bond acceptors (Lipinski definition) is 5. The molecule has 0 radical (unpaired) electrons. The Bertz CT molecular complexity index is 1140. The predicted octanol–water partition coefficient (Wildman–Crippen LogP) is 4.61. The molecular formula is C24H23N5S. The first kappa shape index (κ1) is 19.0. The summed E-state index contributed by atoms with van der Waals surface area (Å²) in [6, 6.07) is 20.7. The highest BCUT2D eigenvalue weighted by Crippen LogP contribution is 2.27. The average molecular weight is 414 g/mol. The Morgan fingerprint density at radius 2 is 1.77 bits per heavy atom. The van der Waals surface area contributed by atoms with E-state index in [4.69, 9.17) is 10.1 Å². The van der Waals surface area contributed by atoms with Gasteiger partial charge in [0.05, 0.1) is 17.1 Å². The lowest BCUT2D eigenvalue weighted by atomic mass is 10.0. The number of hydrogen-bond donors (Lipinski definition) is 0. The van der Waals surface area contributed by atoms with Gasteiger partial charge in [-0.1, -0.05) is 60.3 Å². The molecule has 4 aromatic rings. The number of fused-ring (bicyclic) bond motifs is 1. The van der Waals surface area contributed by atoms with Crippen LogP contribution >= 0.6 is 11.8 Å². The molecule has 0 atom stereocenters. The Morgan fingerprint density at radius 3 is 2.53 bits per heavy atom. The van der Waals surface area contributed by atoms with E-state index in [0.29, 0.717) is 0 Å². The van der Waals surface area contributed by atoms with Crippen LogP contribution in [0.15, 0.2) is 78.2 Å². The van der Waals surface area contributed by atoms with Crippen LogP contribution in [0.1, 0.15) is 16.8 Å². The van der Waals surface area contributed by atoms with E-state index < -0.39 is 0 Å². The summed E-state index contributed by atoms with van der Waals surface area (Å²) in [4.78, 5) is 11.6. The van der Waals surface area contributed by atoms with E-state index in [1.807, 2.05) is 41.4 Å². The van der Waals surface area contributed by atoms with Gasteiger partial charge in [0, 0.05) is 55.1 Å². The first-order chi connectivity index (χ1) is 14.8. The van der Waals surface area contributed by atoms with Gasteiger partial charge in [0.1, 0.15) is 0 Å². The minimum absolute atomic E-state index is 0.848. The molecule has 0 unspecified atom stereocenters. The van der Waals surface area contributed by atoms with E-state index in [0.717, 1.165) is 48.2 Å². The van der Waals surface area contributed by atoms with Crippen LogP contribution in [0.3, 0.4) is 0 Å². The van der Waals surface area contributed by atoms with Gasteiger partial charge in [0.15, 0.2) is 5.16 Å². The van der Waals surface area contributed by atoms with E-state index in [-0.39, 0.29) is 0 Å². The standard InChI is InChI=1S/C24H23N5S/c1-30-24-25-14-19-15-28(13-12-22(19)26-24)16-20-17-29(21-10-6-3-7-11-21)27-23(20)18-8-4-2-5-9-18/h2-11,14,17H,12-13,15-16H2,1H3. The van der Waals surface area contributed by atoms with Gasteiger partial charge in [0.25, 0.3) is 0 Å². The fourth-order valence-electron chi connectivity index (χ4n) is 3.91. The van der Waals surface area contributed by atoms with Crippen molar-refractivity contribution in [1.82, 2.24) is 24.6 Å². The van der Waals surface area contributed by atoms with Gasteiger partial charge in [-0.05, 0) is 18.4 Å². The van der Waals surface area contributed by atoms with E-state index in [1.165, 1.54) is 16.8 Å². The molecule has 0 aliphatic carbocycles. The zero-order valence-electron chi connectivity index (χ0n) is 16.9. The van der Waals surface area contributed by atoms with Crippen molar-refractivity contribution < 1.29 is 0 Å². The average Bonchev–Trinajstić information content (AvgIpc) is 3.23. The van der Waals surface area contributed by atoms with Crippen molar-refractivity contribution in [1.29, 1.82) is 0 Å². The maximum absolute atomic E-state index is 4.95. The Balaban J connectivity index is 1.45. The Labute approximate surface area is 180 Å². The molecule has 0 spiro atoms. The Hall–Kier alpha value is -2.96. The maximum Gasteiger partial charge on any atom is 0.187 e. The Morgan fingerprint density at radius 1 is 1.00 bits per heavy atom. The van der Waals surface area contributed by atoms with Crippen LogP contribution in [-0.4, -0.2) is 37.4 Å². The lowest BCUT2D eigenvalue weighted by molar-refractivity contribution is 0.242. The van der Waals surface area contributed by atoms with Crippen molar-refractivity contribution in [2.45, 2.75) is 24.7 Å². The molecular weight excluding hydrogens is 390 g/mol. The van der Waals surface area contributed by atoms with Gasteiger partial charge in [-0.3, -0.25) is 4.90 Å². The third kappa shape index (κ3) is 3.88. The first-order valence-corrected chi connectivity index (χ1v) is 11.3. The first-order valence-electron chi connectivity index (χ1n) is 10.1. The summed E-state index contributed by atoms with van der Waals surface area (Å²) >= 11 is 1.60. The van der Waals surface area contributed by atoms with Gasteiger partial charge in [-0.25, -0.2) is 14.6 Å². The molecule has 30 heavy (non-hydrogen) atoms. The van der Waals surface area contributed by atoms with E-state index in [1.54, 1.807) is 11.8 Å². The number of benzene rings is 2. The zero-order valence-corrected chi connectivity index (χ0v) is 17.7. The van der Waals surface area contributed by atoms with Crippen LogP contribution < -0.4 is 0 Å². The van der Waals surface area contributed by atoms with Crippen LogP contribution in [0.25, 0.3) is 16.9 Å². The van der Waals surface area contributed by atoms with Crippen LogP contribution in [-0.2, 0) is 19.5 Å². The minimum atomic E-state index is 0.848. The smallest absolute Gasteiger partial charge is 0.187 e. The summed E-state index contributed by atoms with van der Waals surface area (Å²) in [7, 11) is 0. The van der Waals surface area contributed by atoms with Gasteiger partial charge in [-0.2, -0.15) is 5.10 Å². The van der Waals surface area contributed by atoms with Crippen LogP contribution in [0.4, 0.5) is 0 Å². The number of rotatable bonds is 5. The third-order valence-corrected chi connectivity index (χ3v) is 5.99. The largest absolute Gasteiger partial charge is 0.294 e. The molecule has 2 aromatic carbocycles. The number of nitrogens with zero attached hydrogens (tertiary/aromatic N) is 5. The van der Waals surface area contributed by atoms with Crippen molar-refractivity contribution in [3.63, 3.8) is 0 Å². The summed E-state index contributed by atoms with van der Waals surface area (Å²) in [5, 5.41) is 5.80. The molecule has 0 N–H and O–H groups in total. The predicted molar refractivity (Wildman–Crippen MR) is 121 cm³/mol. The topological polar surface area (TPSA) is 46.8 Å². The molecule has 6 heteroatoms. The van der Waals surface area contributed by atoms with E-state index in [2.05, 4.69) is 52.5 Å². The maximum atomic E-state index is 4.95. The number of aromatic nitrogens is 4. The molecule has 150 valence electrons. The second-order valence-corrected chi connectivity index (χ2v) is 8.21. The summed E-state index contributed by atoms with van der Waals surface area (Å²) in [6.45, 7) is 2.71. The fourth-order valence-corrected chi connectivity index (χ4v) is 4.27. The minimum Gasteiger partial charge on any atom is -0.294 e. The molecule has 1 aliphatic heterocycles. The SMILES string of the molecule is CSc1ncc2c(n1)CCN(Cc1cn(-c3ccccc3)nc1-c1ccccc1)C2. The van der Waals surface area contributed by atoms with E-state index in [9.17, 15) is 0 Å². The van der Waals surface area contributed by atoms with Gasteiger partial charge < -0.3 is 0 Å². The molecule has 0 amide bonds.